The van der Waals surface area contributed by atoms with Crippen LogP contribution in [0.4, 0.5) is 0 Å². The molecular formula is C17H33N3O2. The topological polar surface area (TPSA) is 57.1 Å². The van der Waals surface area contributed by atoms with Crippen LogP contribution in [0.25, 0.3) is 0 Å². The number of aliphatic imine (C=N–C) groups is 1. The number of ether oxygens (including phenoxy) is 1. The maximum atomic E-state index is 9.52. The van der Waals surface area contributed by atoms with Gasteiger partial charge in [-0.3, -0.25) is 4.99 Å². The van der Waals surface area contributed by atoms with Crippen LogP contribution < -0.4 is 5.32 Å². The lowest BCUT2D eigenvalue weighted by Gasteiger charge is -2.39. The summed E-state index contributed by atoms with van der Waals surface area (Å²) in [5, 5.41) is 12.9. The zero-order valence-electron chi connectivity index (χ0n) is 14.5. The largest absolute Gasteiger partial charge is 0.396 e. The molecule has 0 spiro atoms. The minimum atomic E-state index is -0.151. The number of aliphatic hydroxyl groups excluding tert-OH is 1. The maximum absolute atomic E-state index is 9.52. The maximum Gasteiger partial charge on any atom is 0.193 e. The van der Waals surface area contributed by atoms with Gasteiger partial charge in [-0.1, -0.05) is 19.8 Å². The Morgan fingerprint density at radius 3 is 2.50 bits per heavy atom. The Kier molecular flexibility index (Phi) is 6.50. The van der Waals surface area contributed by atoms with E-state index < -0.39 is 0 Å². The highest BCUT2D eigenvalue weighted by molar-refractivity contribution is 5.79. The fourth-order valence-corrected chi connectivity index (χ4v) is 3.32. The van der Waals surface area contributed by atoms with E-state index in [-0.39, 0.29) is 12.0 Å². The second-order valence-electron chi connectivity index (χ2n) is 7.33. The lowest BCUT2D eigenvalue weighted by Crippen LogP contribution is -2.49. The molecular weight excluding hydrogens is 278 g/mol. The first kappa shape index (κ1) is 17.5. The van der Waals surface area contributed by atoms with E-state index >= 15 is 0 Å². The molecule has 1 saturated carbocycles. The molecule has 0 radical (unpaired) electrons. The van der Waals surface area contributed by atoms with Crippen LogP contribution in [0.3, 0.4) is 0 Å². The molecule has 2 aliphatic rings. The van der Waals surface area contributed by atoms with Crippen LogP contribution in [0.1, 0.15) is 39.5 Å². The predicted molar refractivity (Wildman–Crippen MR) is 90.1 cm³/mol. The molecule has 0 aromatic rings. The summed E-state index contributed by atoms with van der Waals surface area (Å²) >= 11 is 0. The standard InChI is InChI=1S/C17H33N3O2/c1-4-18-16(19-10-17(11-21)12-22-13-17)20(3)9-15-7-5-14(2)6-8-15/h14-15,21H,4-13H2,1-3H3,(H,18,19). The van der Waals surface area contributed by atoms with Gasteiger partial charge in [0.2, 0.25) is 0 Å². The molecule has 128 valence electrons. The van der Waals surface area contributed by atoms with E-state index in [9.17, 15) is 5.11 Å². The molecule has 1 saturated heterocycles. The Hall–Kier alpha value is -0.810. The van der Waals surface area contributed by atoms with Gasteiger partial charge >= 0.3 is 0 Å². The molecule has 1 heterocycles. The number of hydrogen-bond acceptors (Lipinski definition) is 3. The number of nitrogens with zero attached hydrogens (tertiary/aromatic N) is 2. The average molecular weight is 311 g/mol. The van der Waals surface area contributed by atoms with Crippen LogP contribution in [-0.2, 0) is 4.74 Å². The highest BCUT2D eigenvalue weighted by atomic mass is 16.5. The van der Waals surface area contributed by atoms with Gasteiger partial charge in [0.15, 0.2) is 5.96 Å². The number of guanidine groups is 1. The SMILES string of the molecule is CCNC(=NCC1(CO)COC1)N(C)CC1CCC(C)CC1. The third-order valence-electron chi connectivity index (χ3n) is 5.08. The minimum absolute atomic E-state index is 0.151. The first-order chi connectivity index (χ1) is 10.6. The molecule has 5 nitrogen and oxygen atoms in total. The molecule has 0 amide bonds. The van der Waals surface area contributed by atoms with Crippen molar-refractivity contribution in [1.82, 2.24) is 10.2 Å². The summed E-state index contributed by atoms with van der Waals surface area (Å²) in [4.78, 5) is 7.01. The molecule has 0 aromatic carbocycles. The van der Waals surface area contributed by atoms with E-state index in [0.717, 1.165) is 30.9 Å². The monoisotopic (exact) mass is 311 g/mol. The molecule has 5 heteroatoms. The quantitative estimate of drug-likeness (QED) is 0.579. The summed E-state index contributed by atoms with van der Waals surface area (Å²) in [6.07, 6.45) is 5.38. The van der Waals surface area contributed by atoms with Crippen molar-refractivity contribution in [1.29, 1.82) is 0 Å². The van der Waals surface area contributed by atoms with Crippen LogP contribution in [0.5, 0.6) is 0 Å². The summed E-state index contributed by atoms with van der Waals surface area (Å²) in [6, 6.07) is 0. The highest BCUT2D eigenvalue weighted by Crippen LogP contribution is 2.29. The van der Waals surface area contributed by atoms with Crippen LogP contribution in [-0.4, -0.2) is 62.5 Å². The predicted octanol–water partition coefficient (Wildman–Crippen LogP) is 1.72. The van der Waals surface area contributed by atoms with Gasteiger partial charge in [0, 0.05) is 20.1 Å². The van der Waals surface area contributed by atoms with E-state index in [1.54, 1.807) is 0 Å². The number of nitrogens with one attached hydrogen (secondary N) is 1. The van der Waals surface area contributed by atoms with Crippen molar-refractivity contribution >= 4 is 5.96 Å². The molecule has 0 atom stereocenters. The normalized spacial score (nSPS) is 28.1. The highest BCUT2D eigenvalue weighted by Gasteiger charge is 2.38. The molecule has 2 rings (SSSR count). The number of hydrogen-bond donors (Lipinski definition) is 2. The van der Waals surface area contributed by atoms with Crippen molar-refractivity contribution in [3.63, 3.8) is 0 Å². The zero-order valence-corrected chi connectivity index (χ0v) is 14.5. The third kappa shape index (κ3) is 4.59. The third-order valence-corrected chi connectivity index (χ3v) is 5.08. The summed E-state index contributed by atoms with van der Waals surface area (Å²) in [5.41, 5.74) is -0.151. The Morgan fingerprint density at radius 1 is 1.32 bits per heavy atom. The summed E-state index contributed by atoms with van der Waals surface area (Å²) in [7, 11) is 2.13. The van der Waals surface area contributed by atoms with E-state index in [1.807, 2.05) is 0 Å². The molecule has 0 unspecified atom stereocenters. The fourth-order valence-electron chi connectivity index (χ4n) is 3.32. The Bertz CT molecular complexity index is 355. The van der Waals surface area contributed by atoms with Crippen molar-refractivity contribution in [3.05, 3.63) is 0 Å². The minimum Gasteiger partial charge on any atom is -0.396 e. The van der Waals surface area contributed by atoms with Crippen LogP contribution >= 0.6 is 0 Å². The summed E-state index contributed by atoms with van der Waals surface area (Å²) < 4.78 is 5.25. The van der Waals surface area contributed by atoms with E-state index in [0.29, 0.717) is 19.8 Å². The molecule has 2 fully saturated rings. The number of aliphatic hydroxyl groups is 1. The molecule has 0 bridgehead atoms. The van der Waals surface area contributed by atoms with Gasteiger partial charge < -0.3 is 20.1 Å². The average Bonchev–Trinajstić information content (AvgIpc) is 2.47. The van der Waals surface area contributed by atoms with Gasteiger partial charge in [-0.2, -0.15) is 0 Å². The summed E-state index contributed by atoms with van der Waals surface area (Å²) in [5.74, 6) is 2.64. The molecule has 2 N–H and O–H groups in total. The lowest BCUT2D eigenvalue weighted by molar-refractivity contribution is -0.130. The molecule has 1 aliphatic heterocycles. The van der Waals surface area contributed by atoms with Gasteiger partial charge in [-0.15, -0.1) is 0 Å². The second kappa shape index (κ2) is 8.16. The lowest BCUT2D eigenvalue weighted by atomic mass is 9.83. The second-order valence-corrected chi connectivity index (χ2v) is 7.33. The van der Waals surface area contributed by atoms with Gasteiger partial charge in [-0.25, -0.2) is 0 Å². The van der Waals surface area contributed by atoms with Crippen molar-refractivity contribution in [2.24, 2.45) is 22.2 Å². The van der Waals surface area contributed by atoms with E-state index in [1.165, 1.54) is 25.7 Å². The van der Waals surface area contributed by atoms with Crippen molar-refractivity contribution < 1.29 is 9.84 Å². The van der Waals surface area contributed by atoms with Gasteiger partial charge in [0.05, 0.1) is 31.8 Å². The molecule has 22 heavy (non-hydrogen) atoms. The fraction of sp³-hybridized carbons (Fsp3) is 0.941. The van der Waals surface area contributed by atoms with Crippen LogP contribution in [0.15, 0.2) is 4.99 Å². The van der Waals surface area contributed by atoms with Crippen molar-refractivity contribution in [3.8, 4) is 0 Å². The van der Waals surface area contributed by atoms with Crippen LogP contribution in [0, 0.1) is 17.3 Å². The van der Waals surface area contributed by atoms with E-state index in [4.69, 9.17) is 9.73 Å². The van der Waals surface area contributed by atoms with E-state index in [2.05, 4.69) is 31.1 Å². The van der Waals surface area contributed by atoms with Crippen molar-refractivity contribution in [2.75, 3.05) is 46.5 Å². The Labute approximate surface area is 135 Å². The first-order valence-electron chi connectivity index (χ1n) is 8.76. The number of rotatable bonds is 6. The first-order valence-corrected chi connectivity index (χ1v) is 8.76. The van der Waals surface area contributed by atoms with Gasteiger partial charge in [-0.05, 0) is 31.6 Å². The van der Waals surface area contributed by atoms with Gasteiger partial charge in [0.25, 0.3) is 0 Å². The van der Waals surface area contributed by atoms with Crippen molar-refractivity contribution in [2.45, 2.75) is 39.5 Å². The Balaban J connectivity index is 1.88. The van der Waals surface area contributed by atoms with Crippen LogP contribution in [0.2, 0.25) is 0 Å². The smallest absolute Gasteiger partial charge is 0.193 e. The summed E-state index contributed by atoms with van der Waals surface area (Å²) in [6.45, 7) is 8.43. The zero-order chi connectivity index (χ0) is 16.0. The Morgan fingerprint density at radius 2 is 2.00 bits per heavy atom. The molecule has 0 aromatic heterocycles. The molecule has 1 aliphatic carbocycles. The van der Waals surface area contributed by atoms with Gasteiger partial charge in [0.1, 0.15) is 0 Å².